The van der Waals surface area contributed by atoms with E-state index in [0.717, 1.165) is 0 Å². The predicted molar refractivity (Wildman–Crippen MR) is 69.3 cm³/mol. The molecular formula is C9H16N2O5S2. The van der Waals surface area contributed by atoms with E-state index < -0.39 is 20.2 Å². The van der Waals surface area contributed by atoms with Crippen molar-refractivity contribution in [1.29, 1.82) is 0 Å². The predicted octanol–water partition coefficient (Wildman–Crippen LogP) is 0.0698. The summed E-state index contributed by atoms with van der Waals surface area (Å²) < 4.78 is 43.8. The third kappa shape index (κ3) is 10.00. The van der Waals surface area contributed by atoms with Crippen LogP contribution in [0.15, 0.2) is 24.5 Å². The summed E-state index contributed by atoms with van der Waals surface area (Å²) in [7, 11) is -3.72. The molecule has 0 N–H and O–H groups in total. The highest BCUT2D eigenvalue weighted by Crippen LogP contribution is 2.05. The van der Waals surface area contributed by atoms with E-state index in [1.807, 2.05) is 31.1 Å². The average Bonchev–Trinajstić information content (AvgIpc) is 2.14. The topological polar surface area (TPSA) is 93.6 Å². The molecule has 0 saturated heterocycles. The molecule has 0 amide bonds. The van der Waals surface area contributed by atoms with Crippen molar-refractivity contribution in [2.45, 2.75) is 0 Å². The Balaban J connectivity index is 0.000000321. The molecule has 1 rings (SSSR count). The molecule has 0 aliphatic carbocycles. The molecule has 0 fully saturated rings. The van der Waals surface area contributed by atoms with Gasteiger partial charge < -0.3 is 4.90 Å². The fourth-order valence-corrected chi connectivity index (χ4v) is 2.66. The Morgan fingerprint density at radius 1 is 1.00 bits per heavy atom. The molecule has 0 saturated carbocycles. The van der Waals surface area contributed by atoms with Crippen LogP contribution in [-0.4, -0.2) is 48.4 Å². The molecular weight excluding hydrogens is 280 g/mol. The van der Waals surface area contributed by atoms with Gasteiger partial charge in [0, 0.05) is 32.2 Å². The molecule has 1 aromatic rings. The number of nitrogens with zero attached hydrogens (tertiary/aromatic N) is 2. The van der Waals surface area contributed by atoms with Crippen molar-refractivity contribution in [1.82, 2.24) is 4.98 Å². The normalized spacial score (nSPS) is 11.3. The van der Waals surface area contributed by atoms with Crippen molar-refractivity contribution in [3.63, 3.8) is 0 Å². The van der Waals surface area contributed by atoms with Gasteiger partial charge in [-0.3, -0.25) is 4.98 Å². The van der Waals surface area contributed by atoms with Gasteiger partial charge in [0.1, 0.15) is 0 Å². The van der Waals surface area contributed by atoms with Crippen LogP contribution in [0.5, 0.6) is 0 Å². The lowest BCUT2D eigenvalue weighted by atomic mass is 10.4. The van der Waals surface area contributed by atoms with Crippen LogP contribution in [0.3, 0.4) is 0 Å². The summed E-state index contributed by atoms with van der Waals surface area (Å²) in [6.07, 6.45) is 4.90. The van der Waals surface area contributed by atoms with Crippen LogP contribution in [0.1, 0.15) is 0 Å². The molecule has 0 unspecified atom stereocenters. The minimum atomic E-state index is -3.87. The Morgan fingerprint density at radius 3 is 1.56 bits per heavy atom. The van der Waals surface area contributed by atoms with Crippen molar-refractivity contribution in [2.24, 2.45) is 0 Å². The maximum absolute atomic E-state index is 10.0. The van der Waals surface area contributed by atoms with E-state index in [1.54, 1.807) is 12.4 Å². The zero-order valence-corrected chi connectivity index (χ0v) is 12.2. The second-order valence-electron chi connectivity index (χ2n) is 3.58. The molecule has 104 valence electrons. The second-order valence-corrected chi connectivity index (χ2v) is 6.94. The minimum absolute atomic E-state index is 0.661. The molecule has 9 heteroatoms. The molecule has 0 radical (unpaired) electrons. The number of anilines is 1. The molecule has 1 heterocycles. The van der Waals surface area contributed by atoms with Crippen molar-refractivity contribution in [2.75, 3.05) is 31.5 Å². The fraction of sp³-hybridized carbons (Fsp3) is 0.444. The van der Waals surface area contributed by atoms with Gasteiger partial charge in [-0.15, -0.1) is 3.63 Å². The standard InChI is InChI=1S/C7H10N2.C2H6O5S2/c1-9(2)7-3-5-8-6-4-7;1-8(3,4)7-9(2,5)6/h3-6H,1-2H3;1-2H3. The van der Waals surface area contributed by atoms with Crippen LogP contribution in [-0.2, 0) is 23.9 Å². The highest BCUT2D eigenvalue weighted by Gasteiger charge is 2.10. The number of aromatic nitrogens is 1. The summed E-state index contributed by atoms with van der Waals surface area (Å²) in [5.74, 6) is 0. The minimum Gasteiger partial charge on any atom is -0.378 e. The van der Waals surface area contributed by atoms with Gasteiger partial charge in [-0.2, -0.15) is 16.8 Å². The third-order valence-corrected chi connectivity index (χ3v) is 3.40. The Bertz CT molecular complexity index is 522. The van der Waals surface area contributed by atoms with E-state index in [-0.39, 0.29) is 0 Å². The average molecular weight is 296 g/mol. The van der Waals surface area contributed by atoms with Gasteiger partial charge >= 0.3 is 0 Å². The monoisotopic (exact) mass is 296 g/mol. The Labute approximate surface area is 108 Å². The summed E-state index contributed by atoms with van der Waals surface area (Å²) >= 11 is 0. The Kier molecular flexibility index (Phi) is 6.22. The van der Waals surface area contributed by atoms with Gasteiger partial charge in [-0.05, 0) is 12.1 Å². The number of pyridine rings is 1. The summed E-state index contributed by atoms with van der Waals surface area (Å²) in [5.41, 5.74) is 1.19. The number of hydrogen-bond donors (Lipinski definition) is 0. The van der Waals surface area contributed by atoms with E-state index >= 15 is 0 Å². The molecule has 0 bridgehead atoms. The van der Waals surface area contributed by atoms with Crippen LogP contribution < -0.4 is 4.90 Å². The largest absolute Gasteiger partial charge is 0.378 e. The maximum Gasteiger partial charge on any atom is 0.278 e. The van der Waals surface area contributed by atoms with Gasteiger partial charge in [0.15, 0.2) is 0 Å². The Hall–Kier alpha value is -1.19. The first-order valence-electron chi connectivity index (χ1n) is 4.69. The van der Waals surface area contributed by atoms with Crippen LogP contribution in [0.25, 0.3) is 0 Å². The zero-order valence-electron chi connectivity index (χ0n) is 10.6. The summed E-state index contributed by atoms with van der Waals surface area (Å²) in [6, 6.07) is 3.94. The zero-order chi connectivity index (χ0) is 14.4. The van der Waals surface area contributed by atoms with Crippen LogP contribution in [0, 0.1) is 0 Å². The van der Waals surface area contributed by atoms with Gasteiger partial charge in [-0.25, -0.2) is 0 Å². The first-order valence-corrected chi connectivity index (χ1v) is 8.33. The van der Waals surface area contributed by atoms with Crippen LogP contribution in [0.2, 0.25) is 0 Å². The van der Waals surface area contributed by atoms with Crippen LogP contribution >= 0.6 is 0 Å². The van der Waals surface area contributed by atoms with Crippen molar-refractivity contribution in [3.8, 4) is 0 Å². The van der Waals surface area contributed by atoms with E-state index in [9.17, 15) is 16.8 Å². The summed E-state index contributed by atoms with van der Waals surface area (Å²) in [5, 5.41) is 0. The molecule has 0 aromatic carbocycles. The molecule has 0 spiro atoms. The second kappa shape index (κ2) is 6.66. The smallest absolute Gasteiger partial charge is 0.278 e. The lowest BCUT2D eigenvalue weighted by Crippen LogP contribution is -2.09. The van der Waals surface area contributed by atoms with E-state index in [0.29, 0.717) is 12.5 Å². The van der Waals surface area contributed by atoms with Crippen molar-refractivity contribution < 1.29 is 20.5 Å². The van der Waals surface area contributed by atoms with E-state index in [1.165, 1.54) is 5.69 Å². The van der Waals surface area contributed by atoms with E-state index in [2.05, 4.69) is 8.61 Å². The highest BCUT2D eigenvalue weighted by atomic mass is 32.3. The lowest BCUT2D eigenvalue weighted by Gasteiger charge is -2.10. The van der Waals surface area contributed by atoms with Gasteiger partial charge in [0.2, 0.25) is 0 Å². The fourth-order valence-electron chi connectivity index (χ4n) is 0.867. The number of rotatable bonds is 3. The van der Waals surface area contributed by atoms with Crippen molar-refractivity contribution in [3.05, 3.63) is 24.5 Å². The molecule has 7 nitrogen and oxygen atoms in total. The molecule has 0 atom stereocenters. The summed E-state index contributed by atoms with van der Waals surface area (Å²) in [6.45, 7) is 0. The Morgan fingerprint density at radius 2 is 1.39 bits per heavy atom. The van der Waals surface area contributed by atoms with Gasteiger partial charge in [-0.1, -0.05) is 0 Å². The van der Waals surface area contributed by atoms with Gasteiger partial charge in [0.25, 0.3) is 20.2 Å². The quantitative estimate of drug-likeness (QED) is 0.779. The maximum atomic E-state index is 10.0. The van der Waals surface area contributed by atoms with Crippen LogP contribution in [0.4, 0.5) is 5.69 Å². The van der Waals surface area contributed by atoms with E-state index in [4.69, 9.17) is 0 Å². The van der Waals surface area contributed by atoms with Gasteiger partial charge in [0.05, 0.1) is 12.5 Å². The first kappa shape index (κ1) is 16.8. The molecule has 0 aliphatic heterocycles. The lowest BCUT2D eigenvalue weighted by molar-refractivity contribution is 0.471. The third-order valence-electron chi connectivity index (χ3n) is 1.43. The van der Waals surface area contributed by atoms with Crippen molar-refractivity contribution >= 4 is 25.9 Å². The SMILES string of the molecule is CN(C)c1ccncc1.CS(=O)(=O)OS(C)(=O)=O. The summed E-state index contributed by atoms with van der Waals surface area (Å²) in [4.78, 5) is 5.94. The first-order chi connectivity index (χ1) is 8.01. The number of hydrogen-bond acceptors (Lipinski definition) is 7. The molecule has 1 aromatic heterocycles. The molecule has 0 aliphatic rings. The highest BCUT2D eigenvalue weighted by molar-refractivity contribution is 7.99. The molecule has 18 heavy (non-hydrogen) atoms.